The second-order valence-electron chi connectivity index (χ2n) is 4.41. The van der Waals surface area contributed by atoms with Gasteiger partial charge in [-0.15, -0.1) is 5.10 Å². The van der Waals surface area contributed by atoms with Crippen molar-refractivity contribution in [2.45, 2.75) is 33.0 Å². The van der Waals surface area contributed by atoms with E-state index in [0.717, 1.165) is 11.4 Å². The number of tetrazole rings is 1. The Morgan fingerprint density at radius 2 is 2.00 bits per heavy atom. The lowest BCUT2D eigenvalue weighted by molar-refractivity contribution is 0.537. The third-order valence-corrected chi connectivity index (χ3v) is 2.52. The van der Waals surface area contributed by atoms with Crippen LogP contribution < -0.4 is 5.32 Å². The summed E-state index contributed by atoms with van der Waals surface area (Å²) in [6, 6.07) is 6.71. The number of hydrogen-bond donors (Lipinski definition) is 1. The molecule has 2 aromatic rings. The minimum Gasteiger partial charge on any atom is -0.308 e. The third kappa shape index (κ3) is 3.33. The summed E-state index contributed by atoms with van der Waals surface area (Å²) in [6.45, 7) is 5.29. The van der Waals surface area contributed by atoms with E-state index in [2.05, 4.69) is 34.7 Å². The predicted octanol–water partition coefficient (Wildman–Crippen LogP) is 1.36. The Labute approximate surface area is 105 Å². The van der Waals surface area contributed by atoms with Crippen LogP contribution in [0.3, 0.4) is 0 Å². The fraction of sp³-hybridized carbons (Fsp3) is 0.417. The molecule has 96 valence electrons. The zero-order valence-corrected chi connectivity index (χ0v) is 10.5. The molecule has 0 aliphatic heterocycles. The fourth-order valence-electron chi connectivity index (χ4n) is 1.53. The first kappa shape index (κ1) is 12.6. The van der Waals surface area contributed by atoms with Gasteiger partial charge in [-0.2, -0.15) is 0 Å². The summed E-state index contributed by atoms with van der Waals surface area (Å²) >= 11 is 0. The lowest BCUT2D eigenvalue weighted by atomic mass is 10.2. The molecule has 0 amide bonds. The van der Waals surface area contributed by atoms with Gasteiger partial charge in [0, 0.05) is 6.04 Å². The smallest absolute Gasteiger partial charge is 0.165 e. The highest BCUT2D eigenvalue weighted by molar-refractivity contribution is 5.16. The van der Waals surface area contributed by atoms with E-state index in [4.69, 9.17) is 0 Å². The number of rotatable bonds is 5. The highest BCUT2D eigenvalue weighted by Gasteiger charge is 2.07. The molecule has 0 spiro atoms. The average Bonchev–Trinajstić information content (AvgIpc) is 2.77. The molecule has 1 heterocycles. The first-order valence-corrected chi connectivity index (χ1v) is 5.88. The van der Waals surface area contributed by atoms with Crippen molar-refractivity contribution in [1.29, 1.82) is 0 Å². The lowest BCUT2D eigenvalue weighted by Crippen LogP contribution is -2.24. The Morgan fingerprint density at radius 1 is 1.28 bits per heavy atom. The quantitative estimate of drug-likeness (QED) is 0.869. The van der Waals surface area contributed by atoms with Gasteiger partial charge in [-0.05, 0) is 28.1 Å². The zero-order valence-electron chi connectivity index (χ0n) is 10.5. The highest BCUT2D eigenvalue weighted by atomic mass is 19.1. The van der Waals surface area contributed by atoms with Crippen LogP contribution in [0.4, 0.5) is 4.39 Å². The van der Waals surface area contributed by atoms with Crippen molar-refractivity contribution in [2.75, 3.05) is 0 Å². The van der Waals surface area contributed by atoms with Crippen LogP contribution in [0.25, 0.3) is 0 Å². The molecule has 0 saturated carbocycles. The number of halogens is 1. The van der Waals surface area contributed by atoms with Crippen molar-refractivity contribution in [1.82, 2.24) is 25.5 Å². The molecule has 0 unspecified atom stereocenters. The van der Waals surface area contributed by atoms with E-state index in [1.807, 2.05) is 0 Å². The van der Waals surface area contributed by atoms with Crippen LogP contribution in [-0.2, 0) is 13.1 Å². The topological polar surface area (TPSA) is 55.6 Å². The molecule has 5 nitrogen and oxygen atoms in total. The Kier molecular flexibility index (Phi) is 3.99. The molecule has 1 N–H and O–H groups in total. The van der Waals surface area contributed by atoms with Crippen molar-refractivity contribution in [3.05, 3.63) is 41.5 Å². The minimum absolute atomic E-state index is 0.239. The number of benzene rings is 1. The largest absolute Gasteiger partial charge is 0.308 e. The second-order valence-corrected chi connectivity index (χ2v) is 4.41. The van der Waals surface area contributed by atoms with Crippen molar-refractivity contribution < 1.29 is 4.39 Å². The molecule has 0 aliphatic carbocycles. The average molecular weight is 249 g/mol. The Balaban J connectivity index is 2.05. The Morgan fingerprint density at radius 3 is 2.67 bits per heavy atom. The standard InChI is InChI=1S/C12H16FN5/c1-9(2)14-7-12-15-16-17-18(12)8-10-3-5-11(13)6-4-10/h3-6,9,14H,7-8H2,1-2H3. The monoisotopic (exact) mass is 249 g/mol. The molecule has 0 fully saturated rings. The van der Waals surface area contributed by atoms with Crippen molar-refractivity contribution in [3.63, 3.8) is 0 Å². The maximum atomic E-state index is 12.8. The van der Waals surface area contributed by atoms with Gasteiger partial charge in [-0.1, -0.05) is 26.0 Å². The van der Waals surface area contributed by atoms with Crippen molar-refractivity contribution in [3.8, 4) is 0 Å². The van der Waals surface area contributed by atoms with Gasteiger partial charge in [0.1, 0.15) is 5.82 Å². The molecule has 0 atom stereocenters. The Bertz CT molecular complexity index is 491. The summed E-state index contributed by atoms with van der Waals surface area (Å²) in [5.41, 5.74) is 0.967. The molecule has 18 heavy (non-hydrogen) atoms. The molecule has 2 rings (SSSR count). The van der Waals surface area contributed by atoms with E-state index in [1.54, 1.807) is 16.8 Å². The summed E-state index contributed by atoms with van der Waals surface area (Å²) in [5.74, 6) is 0.533. The van der Waals surface area contributed by atoms with Crippen LogP contribution in [0, 0.1) is 5.82 Å². The molecule has 1 aromatic heterocycles. The lowest BCUT2D eigenvalue weighted by Gasteiger charge is -2.08. The summed E-state index contributed by atoms with van der Waals surface area (Å²) in [4.78, 5) is 0. The van der Waals surface area contributed by atoms with Gasteiger partial charge in [0.25, 0.3) is 0 Å². The maximum absolute atomic E-state index is 12.8. The van der Waals surface area contributed by atoms with Crippen LogP contribution in [-0.4, -0.2) is 26.2 Å². The first-order chi connectivity index (χ1) is 8.65. The van der Waals surface area contributed by atoms with Gasteiger partial charge in [-0.3, -0.25) is 0 Å². The van der Waals surface area contributed by atoms with E-state index in [0.29, 0.717) is 19.1 Å². The number of hydrogen-bond acceptors (Lipinski definition) is 4. The zero-order chi connectivity index (χ0) is 13.0. The first-order valence-electron chi connectivity index (χ1n) is 5.88. The van der Waals surface area contributed by atoms with Gasteiger partial charge in [0.05, 0.1) is 13.1 Å². The number of nitrogens with zero attached hydrogens (tertiary/aromatic N) is 4. The van der Waals surface area contributed by atoms with E-state index in [1.165, 1.54) is 12.1 Å². The molecule has 1 aromatic carbocycles. The molecule has 6 heteroatoms. The minimum atomic E-state index is -0.239. The van der Waals surface area contributed by atoms with Gasteiger partial charge in [-0.25, -0.2) is 9.07 Å². The van der Waals surface area contributed by atoms with Crippen LogP contribution in [0.15, 0.2) is 24.3 Å². The predicted molar refractivity (Wildman–Crippen MR) is 65.3 cm³/mol. The van der Waals surface area contributed by atoms with Crippen molar-refractivity contribution in [2.24, 2.45) is 0 Å². The van der Waals surface area contributed by atoms with Crippen LogP contribution >= 0.6 is 0 Å². The summed E-state index contributed by atoms with van der Waals surface area (Å²) in [6.07, 6.45) is 0. The summed E-state index contributed by atoms with van der Waals surface area (Å²) in [5, 5.41) is 14.8. The summed E-state index contributed by atoms with van der Waals surface area (Å²) < 4.78 is 14.5. The molecule has 0 radical (unpaired) electrons. The van der Waals surface area contributed by atoms with Crippen LogP contribution in [0.1, 0.15) is 25.2 Å². The third-order valence-electron chi connectivity index (χ3n) is 2.52. The van der Waals surface area contributed by atoms with Crippen molar-refractivity contribution >= 4 is 0 Å². The van der Waals surface area contributed by atoms with Gasteiger partial charge in [0.15, 0.2) is 5.82 Å². The molecular weight excluding hydrogens is 233 g/mol. The molecule has 0 saturated heterocycles. The Hall–Kier alpha value is -1.82. The van der Waals surface area contributed by atoms with Gasteiger partial charge in [0.2, 0.25) is 0 Å². The maximum Gasteiger partial charge on any atom is 0.165 e. The molecular formula is C12H16FN5. The normalized spacial score (nSPS) is 11.1. The van der Waals surface area contributed by atoms with E-state index >= 15 is 0 Å². The van der Waals surface area contributed by atoms with Crippen LogP contribution in [0.2, 0.25) is 0 Å². The molecule has 0 aliphatic rings. The number of nitrogens with one attached hydrogen (secondary N) is 1. The van der Waals surface area contributed by atoms with E-state index < -0.39 is 0 Å². The number of aromatic nitrogens is 4. The van der Waals surface area contributed by atoms with E-state index in [-0.39, 0.29) is 5.82 Å². The van der Waals surface area contributed by atoms with E-state index in [9.17, 15) is 4.39 Å². The van der Waals surface area contributed by atoms with Gasteiger partial charge >= 0.3 is 0 Å². The highest BCUT2D eigenvalue weighted by Crippen LogP contribution is 2.05. The SMILES string of the molecule is CC(C)NCc1nnnn1Cc1ccc(F)cc1. The van der Waals surface area contributed by atoms with Gasteiger partial charge < -0.3 is 5.32 Å². The van der Waals surface area contributed by atoms with Crippen LogP contribution in [0.5, 0.6) is 0 Å². The fourth-order valence-corrected chi connectivity index (χ4v) is 1.53. The summed E-state index contributed by atoms with van der Waals surface area (Å²) in [7, 11) is 0. The second kappa shape index (κ2) is 5.68. The molecule has 0 bridgehead atoms.